The van der Waals surface area contributed by atoms with Crippen LogP contribution in [0.3, 0.4) is 0 Å². The van der Waals surface area contributed by atoms with Gasteiger partial charge in [-0.25, -0.2) is 0 Å². The Morgan fingerprint density at radius 1 is 1.41 bits per heavy atom. The van der Waals surface area contributed by atoms with Crippen LogP contribution in [0.15, 0.2) is 0 Å². The Kier molecular flexibility index (Phi) is 5.92. The van der Waals surface area contributed by atoms with Gasteiger partial charge < -0.3 is 15.3 Å². The number of carbonyl (C=O) groups is 1. The van der Waals surface area contributed by atoms with Gasteiger partial charge in [0.25, 0.3) is 0 Å². The van der Waals surface area contributed by atoms with Crippen molar-refractivity contribution in [1.82, 2.24) is 10.2 Å². The summed E-state index contributed by atoms with van der Waals surface area (Å²) in [6.45, 7) is 8.40. The third-order valence-electron chi connectivity index (χ3n) is 3.26. The second kappa shape index (κ2) is 6.97. The van der Waals surface area contributed by atoms with E-state index in [-0.39, 0.29) is 6.04 Å². The summed E-state index contributed by atoms with van der Waals surface area (Å²) in [5.41, 5.74) is 0. The maximum atomic E-state index is 11.1. The van der Waals surface area contributed by atoms with E-state index in [4.69, 9.17) is 5.11 Å². The van der Waals surface area contributed by atoms with E-state index in [0.29, 0.717) is 18.5 Å². The molecule has 1 aliphatic carbocycles. The predicted molar refractivity (Wildman–Crippen MR) is 69.2 cm³/mol. The van der Waals surface area contributed by atoms with Gasteiger partial charge in [0.2, 0.25) is 0 Å². The topological polar surface area (TPSA) is 52.6 Å². The molecule has 0 saturated heterocycles. The van der Waals surface area contributed by atoms with Crippen molar-refractivity contribution in [2.24, 2.45) is 0 Å². The molecule has 100 valence electrons. The van der Waals surface area contributed by atoms with Gasteiger partial charge in [-0.1, -0.05) is 6.92 Å². The van der Waals surface area contributed by atoms with E-state index in [9.17, 15) is 4.79 Å². The van der Waals surface area contributed by atoms with Crippen LogP contribution in [-0.4, -0.2) is 47.2 Å². The molecule has 1 fully saturated rings. The molecule has 1 aliphatic rings. The fourth-order valence-corrected chi connectivity index (χ4v) is 2.02. The van der Waals surface area contributed by atoms with Gasteiger partial charge in [0.15, 0.2) is 0 Å². The van der Waals surface area contributed by atoms with Crippen molar-refractivity contribution in [1.29, 1.82) is 0 Å². The van der Waals surface area contributed by atoms with E-state index in [1.807, 2.05) is 0 Å². The predicted octanol–water partition coefficient (Wildman–Crippen LogP) is 1.70. The van der Waals surface area contributed by atoms with Crippen LogP contribution in [0.2, 0.25) is 0 Å². The molecule has 17 heavy (non-hydrogen) atoms. The van der Waals surface area contributed by atoms with Crippen LogP contribution in [0.4, 0.5) is 0 Å². The molecule has 0 bridgehead atoms. The molecular weight excluding hydrogens is 216 g/mol. The van der Waals surface area contributed by atoms with Gasteiger partial charge in [-0.3, -0.25) is 4.79 Å². The number of nitrogens with one attached hydrogen (secondary N) is 1. The van der Waals surface area contributed by atoms with Gasteiger partial charge in [0.05, 0.1) is 0 Å². The number of hydrogen-bond donors (Lipinski definition) is 2. The largest absolute Gasteiger partial charge is 0.480 e. The first-order valence-electron chi connectivity index (χ1n) is 6.77. The minimum Gasteiger partial charge on any atom is -0.480 e. The van der Waals surface area contributed by atoms with Crippen LogP contribution in [0.5, 0.6) is 0 Å². The molecule has 0 amide bonds. The van der Waals surface area contributed by atoms with Crippen molar-refractivity contribution < 1.29 is 9.90 Å². The van der Waals surface area contributed by atoms with E-state index >= 15 is 0 Å². The third-order valence-corrected chi connectivity index (χ3v) is 3.26. The maximum absolute atomic E-state index is 11.1. The Balaban J connectivity index is 2.34. The highest BCUT2D eigenvalue weighted by molar-refractivity contribution is 5.73. The van der Waals surface area contributed by atoms with E-state index < -0.39 is 5.97 Å². The van der Waals surface area contributed by atoms with E-state index in [2.05, 4.69) is 31.0 Å². The van der Waals surface area contributed by atoms with Gasteiger partial charge >= 0.3 is 5.97 Å². The van der Waals surface area contributed by atoms with Crippen LogP contribution < -0.4 is 5.32 Å². The average molecular weight is 242 g/mol. The normalized spacial score (nSPS) is 17.7. The SMILES string of the molecule is CCCN(CCC(NC1CC1)C(=O)O)C(C)C. The zero-order valence-electron chi connectivity index (χ0n) is 11.3. The molecule has 0 aromatic heterocycles. The molecule has 1 rings (SSSR count). The maximum Gasteiger partial charge on any atom is 0.320 e. The average Bonchev–Trinajstić information content (AvgIpc) is 3.05. The summed E-state index contributed by atoms with van der Waals surface area (Å²) >= 11 is 0. The van der Waals surface area contributed by atoms with Crippen LogP contribution in [0.1, 0.15) is 46.5 Å². The number of carboxylic acid groups (broad SMARTS) is 1. The van der Waals surface area contributed by atoms with Crippen molar-refractivity contribution in [2.75, 3.05) is 13.1 Å². The lowest BCUT2D eigenvalue weighted by atomic mass is 10.1. The summed E-state index contributed by atoms with van der Waals surface area (Å²) in [4.78, 5) is 13.5. The second-order valence-electron chi connectivity index (χ2n) is 5.25. The third kappa shape index (κ3) is 5.50. The highest BCUT2D eigenvalue weighted by Crippen LogP contribution is 2.20. The summed E-state index contributed by atoms with van der Waals surface area (Å²) in [7, 11) is 0. The monoisotopic (exact) mass is 242 g/mol. The molecule has 0 heterocycles. The molecule has 0 spiro atoms. The van der Waals surface area contributed by atoms with E-state index in [1.54, 1.807) is 0 Å². The van der Waals surface area contributed by atoms with Gasteiger partial charge in [-0.2, -0.15) is 0 Å². The van der Waals surface area contributed by atoms with Gasteiger partial charge in [-0.05, 0) is 46.1 Å². The minimum atomic E-state index is -0.711. The minimum absolute atomic E-state index is 0.374. The van der Waals surface area contributed by atoms with E-state index in [1.165, 1.54) is 0 Å². The molecule has 0 radical (unpaired) electrons. The molecule has 1 saturated carbocycles. The number of hydrogen-bond acceptors (Lipinski definition) is 3. The van der Waals surface area contributed by atoms with Gasteiger partial charge in [0.1, 0.15) is 6.04 Å². The Hall–Kier alpha value is -0.610. The van der Waals surface area contributed by atoms with Crippen molar-refractivity contribution in [3.8, 4) is 0 Å². The van der Waals surface area contributed by atoms with Crippen LogP contribution >= 0.6 is 0 Å². The molecular formula is C13H26N2O2. The zero-order chi connectivity index (χ0) is 12.8. The number of aliphatic carboxylic acids is 1. The summed E-state index contributed by atoms with van der Waals surface area (Å²) in [5.74, 6) is -0.711. The van der Waals surface area contributed by atoms with Crippen LogP contribution in [0, 0.1) is 0 Å². The standard InChI is InChI=1S/C13H26N2O2/c1-4-8-15(10(2)3)9-7-12(13(16)17)14-11-5-6-11/h10-12,14H,4-9H2,1-3H3,(H,16,17). The molecule has 2 N–H and O–H groups in total. The zero-order valence-corrected chi connectivity index (χ0v) is 11.3. The number of carboxylic acids is 1. The smallest absolute Gasteiger partial charge is 0.320 e. The molecule has 4 nitrogen and oxygen atoms in total. The first-order chi connectivity index (χ1) is 8.04. The highest BCUT2D eigenvalue weighted by atomic mass is 16.4. The Morgan fingerprint density at radius 3 is 2.47 bits per heavy atom. The fraction of sp³-hybridized carbons (Fsp3) is 0.923. The lowest BCUT2D eigenvalue weighted by Gasteiger charge is -2.27. The van der Waals surface area contributed by atoms with Crippen molar-refractivity contribution in [3.05, 3.63) is 0 Å². The lowest BCUT2D eigenvalue weighted by molar-refractivity contribution is -0.139. The Bertz CT molecular complexity index is 240. The number of rotatable bonds is 9. The van der Waals surface area contributed by atoms with E-state index in [0.717, 1.165) is 32.4 Å². The summed E-state index contributed by atoms with van der Waals surface area (Å²) in [6.07, 6.45) is 4.08. The Morgan fingerprint density at radius 2 is 2.06 bits per heavy atom. The second-order valence-corrected chi connectivity index (χ2v) is 5.25. The first-order valence-corrected chi connectivity index (χ1v) is 6.77. The summed E-state index contributed by atoms with van der Waals surface area (Å²) in [5, 5.41) is 12.4. The van der Waals surface area contributed by atoms with Crippen molar-refractivity contribution >= 4 is 5.97 Å². The van der Waals surface area contributed by atoms with Crippen LogP contribution in [0.25, 0.3) is 0 Å². The van der Waals surface area contributed by atoms with Crippen molar-refractivity contribution in [3.63, 3.8) is 0 Å². The molecule has 0 aliphatic heterocycles. The lowest BCUT2D eigenvalue weighted by Crippen LogP contribution is -2.42. The first kappa shape index (κ1) is 14.5. The van der Waals surface area contributed by atoms with Crippen molar-refractivity contribution in [2.45, 2.75) is 64.6 Å². The molecule has 4 heteroatoms. The highest BCUT2D eigenvalue weighted by Gasteiger charge is 2.28. The van der Waals surface area contributed by atoms with Gasteiger partial charge in [0, 0.05) is 18.6 Å². The van der Waals surface area contributed by atoms with Crippen LogP contribution in [-0.2, 0) is 4.79 Å². The molecule has 1 unspecified atom stereocenters. The molecule has 0 aromatic rings. The molecule has 1 atom stereocenters. The summed E-state index contributed by atoms with van der Waals surface area (Å²) < 4.78 is 0. The Labute approximate surface area is 104 Å². The molecule has 0 aromatic carbocycles. The number of nitrogens with zero attached hydrogens (tertiary/aromatic N) is 1. The summed E-state index contributed by atoms with van der Waals surface area (Å²) in [6, 6.07) is 0.570. The quantitative estimate of drug-likeness (QED) is 0.646. The fourth-order valence-electron chi connectivity index (χ4n) is 2.02. The van der Waals surface area contributed by atoms with Gasteiger partial charge in [-0.15, -0.1) is 0 Å².